The molecule has 0 spiro atoms. The second-order valence-electron chi connectivity index (χ2n) is 5.37. The number of hydrogen-bond donors (Lipinski definition) is 1. The van der Waals surface area contributed by atoms with Gasteiger partial charge < -0.3 is 9.67 Å². The molecule has 0 unspecified atom stereocenters. The van der Waals surface area contributed by atoms with Crippen LogP contribution in [0.4, 0.5) is 0 Å². The SMILES string of the molecule is Cc1ccc(-c2nc3n(c2CC(=O)O)CCCC3)cc1. The van der Waals surface area contributed by atoms with Crippen molar-refractivity contribution in [2.75, 3.05) is 0 Å². The highest BCUT2D eigenvalue weighted by Crippen LogP contribution is 2.28. The Bertz CT molecular complexity index is 641. The number of imidazole rings is 1. The van der Waals surface area contributed by atoms with Crippen molar-refractivity contribution in [2.24, 2.45) is 0 Å². The van der Waals surface area contributed by atoms with Crippen LogP contribution >= 0.6 is 0 Å². The molecule has 0 saturated carbocycles. The predicted octanol–water partition coefficient (Wildman–Crippen LogP) is 2.82. The number of hydrogen-bond acceptors (Lipinski definition) is 2. The van der Waals surface area contributed by atoms with Crippen LogP contribution in [-0.4, -0.2) is 20.6 Å². The van der Waals surface area contributed by atoms with E-state index in [4.69, 9.17) is 10.1 Å². The summed E-state index contributed by atoms with van der Waals surface area (Å²) < 4.78 is 2.10. The summed E-state index contributed by atoms with van der Waals surface area (Å²) in [6, 6.07) is 8.13. The number of nitrogens with zero attached hydrogens (tertiary/aromatic N) is 2. The van der Waals surface area contributed by atoms with E-state index in [1.165, 1.54) is 5.56 Å². The van der Waals surface area contributed by atoms with E-state index in [2.05, 4.69) is 4.57 Å². The Kier molecular flexibility index (Phi) is 3.30. The molecule has 0 bridgehead atoms. The molecule has 4 nitrogen and oxygen atoms in total. The maximum absolute atomic E-state index is 11.1. The zero-order chi connectivity index (χ0) is 14.1. The van der Waals surface area contributed by atoms with Gasteiger partial charge in [-0.05, 0) is 19.8 Å². The molecule has 2 heterocycles. The number of carboxylic acid groups (broad SMARTS) is 1. The van der Waals surface area contributed by atoms with Crippen LogP contribution in [0.2, 0.25) is 0 Å². The Morgan fingerprint density at radius 1 is 1.30 bits per heavy atom. The molecular formula is C16H18N2O2. The Morgan fingerprint density at radius 2 is 2.05 bits per heavy atom. The molecule has 2 aromatic rings. The van der Waals surface area contributed by atoms with Gasteiger partial charge in [-0.25, -0.2) is 4.98 Å². The van der Waals surface area contributed by atoms with Crippen LogP contribution in [0.1, 0.15) is 29.9 Å². The molecule has 0 atom stereocenters. The summed E-state index contributed by atoms with van der Waals surface area (Å²) in [5.74, 6) is 0.231. The normalized spacial score (nSPS) is 14.1. The van der Waals surface area contributed by atoms with Crippen molar-refractivity contribution in [1.82, 2.24) is 9.55 Å². The van der Waals surface area contributed by atoms with E-state index in [-0.39, 0.29) is 6.42 Å². The van der Waals surface area contributed by atoms with Gasteiger partial charge in [0, 0.05) is 18.5 Å². The predicted molar refractivity (Wildman–Crippen MR) is 76.7 cm³/mol. The molecule has 1 aromatic carbocycles. The minimum atomic E-state index is -0.799. The summed E-state index contributed by atoms with van der Waals surface area (Å²) in [6.45, 7) is 2.93. The van der Waals surface area contributed by atoms with Crippen molar-refractivity contribution >= 4 is 5.97 Å². The average Bonchev–Trinajstić information content (AvgIpc) is 2.78. The lowest BCUT2D eigenvalue weighted by atomic mass is 10.1. The molecule has 1 aliphatic rings. The highest BCUT2D eigenvalue weighted by molar-refractivity contribution is 5.74. The van der Waals surface area contributed by atoms with Crippen LogP contribution in [-0.2, 0) is 24.2 Å². The summed E-state index contributed by atoms with van der Waals surface area (Å²) >= 11 is 0. The van der Waals surface area contributed by atoms with Gasteiger partial charge in [-0.15, -0.1) is 0 Å². The number of rotatable bonds is 3. The van der Waals surface area contributed by atoms with E-state index in [1.807, 2.05) is 31.2 Å². The summed E-state index contributed by atoms with van der Waals surface area (Å²) in [7, 11) is 0. The monoisotopic (exact) mass is 270 g/mol. The maximum Gasteiger partial charge on any atom is 0.309 e. The lowest BCUT2D eigenvalue weighted by molar-refractivity contribution is -0.136. The molecular weight excluding hydrogens is 252 g/mol. The summed E-state index contributed by atoms with van der Waals surface area (Å²) in [4.78, 5) is 15.9. The fourth-order valence-corrected chi connectivity index (χ4v) is 2.81. The Hall–Kier alpha value is -2.10. The van der Waals surface area contributed by atoms with E-state index in [1.54, 1.807) is 0 Å². The minimum Gasteiger partial charge on any atom is -0.481 e. The number of fused-ring (bicyclic) bond motifs is 1. The molecule has 1 N–H and O–H groups in total. The number of aromatic nitrogens is 2. The van der Waals surface area contributed by atoms with E-state index in [9.17, 15) is 4.79 Å². The average molecular weight is 270 g/mol. The number of aryl methyl sites for hydroxylation is 2. The van der Waals surface area contributed by atoms with Crippen molar-refractivity contribution in [3.8, 4) is 11.3 Å². The van der Waals surface area contributed by atoms with Gasteiger partial charge in [0.15, 0.2) is 0 Å². The lowest BCUT2D eigenvalue weighted by Gasteiger charge is -2.15. The van der Waals surface area contributed by atoms with Gasteiger partial charge in [-0.2, -0.15) is 0 Å². The minimum absolute atomic E-state index is 0.0379. The van der Waals surface area contributed by atoms with E-state index in [0.717, 1.165) is 48.6 Å². The zero-order valence-electron chi connectivity index (χ0n) is 11.6. The second kappa shape index (κ2) is 5.12. The van der Waals surface area contributed by atoms with Crippen molar-refractivity contribution < 1.29 is 9.90 Å². The Labute approximate surface area is 118 Å². The maximum atomic E-state index is 11.1. The third-order valence-electron chi connectivity index (χ3n) is 3.83. The molecule has 0 fully saturated rings. The smallest absolute Gasteiger partial charge is 0.309 e. The van der Waals surface area contributed by atoms with Crippen molar-refractivity contribution in [2.45, 2.75) is 39.2 Å². The summed E-state index contributed by atoms with van der Waals surface area (Å²) in [5, 5.41) is 9.16. The van der Waals surface area contributed by atoms with Crippen LogP contribution in [0.5, 0.6) is 0 Å². The molecule has 104 valence electrons. The van der Waals surface area contributed by atoms with Gasteiger partial charge in [0.2, 0.25) is 0 Å². The van der Waals surface area contributed by atoms with Crippen LogP contribution in [0.3, 0.4) is 0 Å². The van der Waals surface area contributed by atoms with E-state index in [0.29, 0.717) is 0 Å². The van der Waals surface area contributed by atoms with Gasteiger partial charge in [-0.3, -0.25) is 4.79 Å². The fourth-order valence-electron chi connectivity index (χ4n) is 2.81. The molecule has 0 aliphatic carbocycles. The van der Waals surface area contributed by atoms with Gasteiger partial charge in [0.25, 0.3) is 0 Å². The Morgan fingerprint density at radius 3 is 2.75 bits per heavy atom. The van der Waals surface area contributed by atoms with Crippen LogP contribution in [0.15, 0.2) is 24.3 Å². The molecule has 0 amide bonds. The number of benzene rings is 1. The fraction of sp³-hybridized carbons (Fsp3) is 0.375. The molecule has 1 aromatic heterocycles. The summed E-state index contributed by atoms with van der Waals surface area (Å²) in [6.07, 6.45) is 3.22. The van der Waals surface area contributed by atoms with Crippen LogP contribution in [0, 0.1) is 6.92 Å². The summed E-state index contributed by atoms with van der Waals surface area (Å²) in [5.41, 5.74) is 3.88. The molecule has 0 saturated heterocycles. The Balaban J connectivity index is 2.11. The van der Waals surface area contributed by atoms with Crippen molar-refractivity contribution in [1.29, 1.82) is 0 Å². The molecule has 20 heavy (non-hydrogen) atoms. The topological polar surface area (TPSA) is 55.1 Å². The first-order valence-corrected chi connectivity index (χ1v) is 7.02. The largest absolute Gasteiger partial charge is 0.481 e. The molecule has 4 heteroatoms. The third kappa shape index (κ3) is 2.33. The quantitative estimate of drug-likeness (QED) is 0.933. The van der Waals surface area contributed by atoms with Crippen molar-refractivity contribution in [3.63, 3.8) is 0 Å². The van der Waals surface area contributed by atoms with E-state index >= 15 is 0 Å². The standard InChI is InChI=1S/C16H18N2O2/c1-11-5-7-12(8-6-11)16-13(10-15(19)20)18-9-3-2-4-14(18)17-16/h5-8H,2-4,9-10H2,1H3,(H,19,20). The van der Waals surface area contributed by atoms with Crippen LogP contribution in [0.25, 0.3) is 11.3 Å². The number of carboxylic acids is 1. The highest BCUT2D eigenvalue weighted by atomic mass is 16.4. The van der Waals surface area contributed by atoms with Gasteiger partial charge in [-0.1, -0.05) is 29.8 Å². The van der Waals surface area contributed by atoms with Gasteiger partial charge in [0.05, 0.1) is 17.8 Å². The first kappa shape index (κ1) is 12.9. The highest BCUT2D eigenvalue weighted by Gasteiger charge is 2.22. The van der Waals surface area contributed by atoms with E-state index < -0.39 is 5.97 Å². The number of aliphatic carboxylic acids is 1. The van der Waals surface area contributed by atoms with Crippen molar-refractivity contribution in [3.05, 3.63) is 41.3 Å². The third-order valence-corrected chi connectivity index (χ3v) is 3.83. The molecule has 1 aliphatic heterocycles. The first-order valence-electron chi connectivity index (χ1n) is 7.02. The van der Waals surface area contributed by atoms with Crippen LogP contribution < -0.4 is 0 Å². The molecule has 0 radical (unpaired) electrons. The second-order valence-corrected chi connectivity index (χ2v) is 5.37. The van der Waals surface area contributed by atoms with Gasteiger partial charge in [0.1, 0.15) is 5.82 Å². The van der Waals surface area contributed by atoms with Gasteiger partial charge >= 0.3 is 5.97 Å². The molecule has 3 rings (SSSR count). The first-order chi connectivity index (χ1) is 9.65. The lowest BCUT2D eigenvalue weighted by Crippen LogP contribution is -2.15. The number of carbonyl (C=O) groups is 1. The zero-order valence-corrected chi connectivity index (χ0v) is 11.6.